The van der Waals surface area contributed by atoms with E-state index in [-0.39, 0.29) is 41.7 Å². The van der Waals surface area contributed by atoms with Gasteiger partial charge in [-0.25, -0.2) is 0 Å². The van der Waals surface area contributed by atoms with Gasteiger partial charge in [0.05, 0.1) is 5.56 Å². The first-order chi connectivity index (χ1) is 11.5. The van der Waals surface area contributed by atoms with E-state index in [1.54, 1.807) is 13.8 Å². The molecule has 0 aliphatic rings. The highest BCUT2D eigenvalue weighted by atomic mass is 35.5. The number of anilines is 1. The van der Waals surface area contributed by atoms with Crippen LogP contribution in [0.1, 0.15) is 50.2 Å². The van der Waals surface area contributed by atoms with Crippen molar-refractivity contribution < 1.29 is 22.8 Å². The first-order valence-electron chi connectivity index (χ1n) is 7.47. The van der Waals surface area contributed by atoms with Crippen LogP contribution in [0.4, 0.5) is 18.9 Å². The number of alkyl halides is 3. The Hall–Kier alpha value is -2.32. The van der Waals surface area contributed by atoms with Crippen LogP contribution in [0, 0.1) is 13.8 Å². The molecule has 0 saturated heterocycles. The Morgan fingerprint density at radius 3 is 2.27 bits per heavy atom. The molecule has 0 radical (unpaired) electrons. The highest BCUT2D eigenvalue weighted by molar-refractivity contribution is 6.07. The summed E-state index contributed by atoms with van der Waals surface area (Å²) in [6.45, 7) is 4.54. The highest BCUT2D eigenvalue weighted by Crippen LogP contribution is 2.32. The Morgan fingerprint density at radius 2 is 1.81 bits per heavy atom. The smallest absolute Gasteiger partial charge is 0.354 e. The van der Waals surface area contributed by atoms with E-state index < -0.39 is 17.6 Å². The maximum atomic E-state index is 13.0. The molecular formula is C17H19ClF3N3O2. The third-order valence-corrected chi connectivity index (χ3v) is 3.83. The zero-order valence-corrected chi connectivity index (χ0v) is 15.2. The summed E-state index contributed by atoms with van der Waals surface area (Å²) in [5.41, 5.74) is 6.28. The molecular weight excluding hydrogens is 371 g/mol. The minimum atomic E-state index is -4.55. The van der Waals surface area contributed by atoms with E-state index >= 15 is 0 Å². The fourth-order valence-electron chi connectivity index (χ4n) is 2.74. The number of carbonyl (C=O) groups excluding carboxylic acids is 2. The van der Waals surface area contributed by atoms with Crippen molar-refractivity contribution >= 4 is 29.8 Å². The first-order valence-corrected chi connectivity index (χ1v) is 7.47. The van der Waals surface area contributed by atoms with Gasteiger partial charge in [0.25, 0.3) is 5.91 Å². The lowest BCUT2D eigenvalue weighted by Crippen LogP contribution is -2.16. The number of hydrogen-bond acceptors (Lipinski definition) is 3. The third-order valence-electron chi connectivity index (χ3n) is 3.83. The van der Waals surface area contributed by atoms with Crippen LogP contribution < -0.4 is 11.1 Å². The van der Waals surface area contributed by atoms with E-state index in [4.69, 9.17) is 5.73 Å². The van der Waals surface area contributed by atoms with Crippen molar-refractivity contribution in [1.29, 1.82) is 0 Å². The molecule has 1 heterocycles. The van der Waals surface area contributed by atoms with Gasteiger partial charge in [0.15, 0.2) is 5.78 Å². The highest BCUT2D eigenvalue weighted by Gasteiger charge is 2.31. The fourth-order valence-corrected chi connectivity index (χ4v) is 2.74. The first kappa shape index (κ1) is 21.7. The number of Topliss-reactive ketones (excluding diaryl/α,β-unsaturated/α-hetero) is 1. The number of nitrogens with one attached hydrogen (secondary N) is 2. The van der Waals surface area contributed by atoms with Crippen LogP contribution in [-0.4, -0.2) is 16.7 Å². The van der Waals surface area contributed by atoms with Crippen LogP contribution >= 0.6 is 12.4 Å². The number of ketones is 1. The minimum Gasteiger partial charge on any atom is -0.354 e. The molecule has 5 nitrogen and oxygen atoms in total. The molecule has 0 fully saturated rings. The Balaban J connectivity index is 0.00000338. The Kier molecular flexibility index (Phi) is 6.62. The standard InChI is InChI=1S/C17H18F3N3O2.ClH/c1-8-14(10(3)24)9(2)22-15(8)16(25)23-13-5-11(7-21)4-12(6-13)17(18,19)20;/h4-6,22H,7,21H2,1-3H3,(H,23,25);1H. The van der Waals surface area contributed by atoms with E-state index in [9.17, 15) is 22.8 Å². The van der Waals surface area contributed by atoms with Crippen molar-refractivity contribution in [3.8, 4) is 0 Å². The topological polar surface area (TPSA) is 88.0 Å². The summed E-state index contributed by atoms with van der Waals surface area (Å²) >= 11 is 0. The normalized spacial score (nSPS) is 11.0. The van der Waals surface area contributed by atoms with Gasteiger partial charge in [-0.05, 0) is 50.1 Å². The molecule has 1 aromatic heterocycles. The Labute approximate surface area is 154 Å². The maximum absolute atomic E-state index is 13.0. The van der Waals surface area contributed by atoms with E-state index in [2.05, 4.69) is 10.3 Å². The summed E-state index contributed by atoms with van der Waals surface area (Å²) in [5.74, 6) is -0.829. The van der Waals surface area contributed by atoms with Crippen LogP contribution in [0.2, 0.25) is 0 Å². The number of aryl methyl sites for hydroxylation is 1. The van der Waals surface area contributed by atoms with Crippen LogP contribution in [0.5, 0.6) is 0 Å². The molecule has 1 amide bonds. The number of amides is 1. The molecule has 4 N–H and O–H groups in total. The van der Waals surface area contributed by atoms with Gasteiger partial charge >= 0.3 is 6.18 Å². The summed E-state index contributed by atoms with van der Waals surface area (Å²) in [5, 5.41) is 2.43. The summed E-state index contributed by atoms with van der Waals surface area (Å²) in [7, 11) is 0. The van der Waals surface area contributed by atoms with Crippen molar-refractivity contribution in [3.05, 3.63) is 51.8 Å². The van der Waals surface area contributed by atoms with E-state index in [1.807, 2.05) is 0 Å². The van der Waals surface area contributed by atoms with Crippen LogP contribution in [0.3, 0.4) is 0 Å². The summed E-state index contributed by atoms with van der Waals surface area (Å²) in [6.07, 6.45) is -4.55. The van der Waals surface area contributed by atoms with Gasteiger partial charge in [-0.1, -0.05) is 0 Å². The lowest BCUT2D eigenvalue weighted by Gasteiger charge is -2.12. The summed E-state index contributed by atoms with van der Waals surface area (Å²) in [6, 6.07) is 3.16. The van der Waals surface area contributed by atoms with Crippen LogP contribution in [0.25, 0.3) is 0 Å². The minimum absolute atomic E-state index is 0. The molecule has 0 bridgehead atoms. The molecule has 0 spiro atoms. The van der Waals surface area contributed by atoms with E-state index in [1.165, 1.54) is 13.0 Å². The third kappa shape index (κ3) is 4.44. The number of rotatable bonds is 4. The van der Waals surface area contributed by atoms with Crippen molar-refractivity contribution in [2.24, 2.45) is 5.73 Å². The Morgan fingerprint density at radius 1 is 1.19 bits per heavy atom. The number of H-pyrrole nitrogens is 1. The second-order valence-corrected chi connectivity index (χ2v) is 5.76. The van der Waals surface area contributed by atoms with Gasteiger partial charge in [-0.3, -0.25) is 9.59 Å². The van der Waals surface area contributed by atoms with Crippen molar-refractivity contribution in [3.63, 3.8) is 0 Å². The van der Waals surface area contributed by atoms with Crippen molar-refractivity contribution in [2.45, 2.75) is 33.5 Å². The predicted octanol–water partition coefficient (Wildman–Crippen LogP) is 3.99. The second-order valence-electron chi connectivity index (χ2n) is 5.76. The molecule has 142 valence electrons. The summed E-state index contributed by atoms with van der Waals surface area (Å²) < 4.78 is 38.9. The van der Waals surface area contributed by atoms with Gasteiger partial charge in [0.2, 0.25) is 0 Å². The van der Waals surface area contributed by atoms with E-state index in [0.29, 0.717) is 16.8 Å². The predicted molar refractivity (Wildman–Crippen MR) is 94.8 cm³/mol. The van der Waals surface area contributed by atoms with Crippen molar-refractivity contribution in [1.82, 2.24) is 4.98 Å². The van der Waals surface area contributed by atoms with Gasteiger partial charge in [0.1, 0.15) is 5.69 Å². The summed E-state index contributed by atoms with van der Waals surface area (Å²) in [4.78, 5) is 26.9. The van der Waals surface area contributed by atoms with Gasteiger partial charge in [-0.2, -0.15) is 13.2 Å². The number of hydrogen-bond donors (Lipinski definition) is 3. The molecule has 2 aromatic rings. The Bertz CT molecular complexity index is 845. The largest absolute Gasteiger partial charge is 0.416 e. The quantitative estimate of drug-likeness (QED) is 0.691. The second kappa shape index (κ2) is 7.92. The zero-order chi connectivity index (χ0) is 18.9. The molecule has 0 aliphatic carbocycles. The van der Waals surface area contributed by atoms with Crippen LogP contribution in [0.15, 0.2) is 18.2 Å². The molecule has 0 atom stereocenters. The van der Waals surface area contributed by atoms with Gasteiger partial charge in [0, 0.05) is 23.5 Å². The van der Waals surface area contributed by atoms with Gasteiger partial charge < -0.3 is 16.0 Å². The number of nitrogens with two attached hydrogens (primary N) is 1. The number of halogens is 4. The molecule has 0 unspecified atom stereocenters. The van der Waals surface area contributed by atoms with Crippen LogP contribution in [-0.2, 0) is 12.7 Å². The number of benzene rings is 1. The average Bonchev–Trinajstić information content (AvgIpc) is 2.80. The van der Waals surface area contributed by atoms with Crippen molar-refractivity contribution in [2.75, 3.05) is 5.32 Å². The van der Waals surface area contributed by atoms with E-state index in [0.717, 1.165) is 12.1 Å². The number of aromatic nitrogens is 1. The molecule has 0 aliphatic heterocycles. The molecule has 26 heavy (non-hydrogen) atoms. The maximum Gasteiger partial charge on any atom is 0.416 e. The molecule has 9 heteroatoms. The zero-order valence-electron chi connectivity index (χ0n) is 14.4. The lowest BCUT2D eigenvalue weighted by atomic mass is 10.1. The fraction of sp³-hybridized carbons (Fsp3) is 0.294. The van der Waals surface area contributed by atoms with Gasteiger partial charge in [-0.15, -0.1) is 12.4 Å². The average molecular weight is 390 g/mol. The molecule has 1 aromatic carbocycles. The monoisotopic (exact) mass is 389 g/mol. The molecule has 0 saturated carbocycles. The lowest BCUT2D eigenvalue weighted by molar-refractivity contribution is -0.137. The molecule has 2 rings (SSSR count). The SMILES string of the molecule is CC(=O)c1c(C)[nH]c(C(=O)Nc2cc(CN)cc(C(F)(F)F)c2)c1C.Cl. The number of aromatic amines is 1. The number of carbonyl (C=O) groups is 2.